The fourth-order valence-corrected chi connectivity index (χ4v) is 3.20. The van der Waals surface area contributed by atoms with Crippen LogP contribution in [-0.2, 0) is 0 Å². The van der Waals surface area contributed by atoms with Gasteiger partial charge in [0.1, 0.15) is 23.4 Å². The molecule has 6 heteroatoms. The predicted molar refractivity (Wildman–Crippen MR) is 114 cm³/mol. The van der Waals surface area contributed by atoms with Gasteiger partial charge in [-0.3, -0.25) is 4.79 Å². The highest BCUT2D eigenvalue weighted by Gasteiger charge is 2.16. The Morgan fingerprint density at radius 2 is 1.77 bits per heavy atom. The summed E-state index contributed by atoms with van der Waals surface area (Å²) in [7, 11) is 0. The molecule has 0 aliphatic heterocycles. The fraction of sp³-hybridized carbons (Fsp3) is 0.0833. The summed E-state index contributed by atoms with van der Waals surface area (Å²) in [6, 6.07) is 22.4. The van der Waals surface area contributed by atoms with Gasteiger partial charge in [0, 0.05) is 28.4 Å². The second-order valence-corrected chi connectivity index (χ2v) is 7.20. The van der Waals surface area contributed by atoms with Crippen molar-refractivity contribution in [3.8, 4) is 16.9 Å². The van der Waals surface area contributed by atoms with E-state index >= 15 is 0 Å². The van der Waals surface area contributed by atoms with Crippen LogP contribution in [0.25, 0.3) is 11.1 Å². The minimum absolute atomic E-state index is 0.275. The van der Waals surface area contributed by atoms with E-state index in [4.69, 9.17) is 16.3 Å². The molecule has 30 heavy (non-hydrogen) atoms. The highest BCUT2D eigenvalue weighted by atomic mass is 35.5. The second-order valence-electron chi connectivity index (χ2n) is 6.76. The van der Waals surface area contributed by atoms with Crippen molar-refractivity contribution in [3.05, 3.63) is 107 Å². The molecular formula is C24H18ClFN2O2. The Morgan fingerprint density at radius 1 is 1.03 bits per heavy atom. The Labute approximate surface area is 178 Å². The van der Waals surface area contributed by atoms with E-state index in [1.165, 1.54) is 10.7 Å². The molecule has 0 aliphatic rings. The fourth-order valence-electron chi connectivity index (χ4n) is 3.08. The van der Waals surface area contributed by atoms with Crippen LogP contribution in [0.15, 0.2) is 85.1 Å². The molecule has 0 unspecified atom stereocenters. The predicted octanol–water partition coefficient (Wildman–Crippen LogP) is 6.17. The smallest absolute Gasteiger partial charge is 0.278 e. The Bertz CT molecular complexity index is 1170. The zero-order valence-electron chi connectivity index (χ0n) is 16.1. The van der Waals surface area contributed by atoms with Gasteiger partial charge in [-0.1, -0.05) is 41.9 Å². The first-order valence-electron chi connectivity index (χ1n) is 9.39. The van der Waals surface area contributed by atoms with Crippen LogP contribution in [0.5, 0.6) is 5.75 Å². The summed E-state index contributed by atoms with van der Waals surface area (Å²) < 4.78 is 21.7. The van der Waals surface area contributed by atoms with Gasteiger partial charge >= 0.3 is 0 Å². The number of hydrogen-bond acceptors (Lipinski definition) is 3. The minimum Gasteiger partial charge on any atom is -0.484 e. The molecular weight excluding hydrogens is 403 g/mol. The third-order valence-electron chi connectivity index (χ3n) is 4.66. The molecule has 0 fully saturated rings. The van der Waals surface area contributed by atoms with E-state index in [9.17, 15) is 9.18 Å². The van der Waals surface area contributed by atoms with Crippen LogP contribution < -0.4 is 4.74 Å². The number of aromatic nitrogens is 2. The normalized spacial score (nSPS) is 11.8. The van der Waals surface area contributed by atoms with E-state index in [0.29, 0.717) is 27.6 Å². The summed E-state index contributed by atoms with van der Waals surface area (Å²) in [4.78, 5) is 12.5. The molecule has 0 radical (unpaired) electrons. The van der Waals surface area contributed by atoms with Gasteiger partial charge in [0.25, 0.3) is 5.91 Å². The summed E-state index contributed by atoms with van der Waals surface area (Å²) in [5.74, 6) is -0.254. The molecule has 0 saturated heterocycles. The van der Waals surface area contributed by atoms with Gasteiger partial charge in [0.05, 0.1) is 0 Å². The summed E-state index contributed by atoms with van der Waals surface area (Å²) in [5.41, 5.74) is 2.34. The Kier molecular flexibility index (Phi) is 5.63. The third kappa shape index (κ3) is 4.26. The molecule has 0 N–H and O–H groups in total. The maximum atomic E-state index is 14.6. The number of carbonyl (C=O) groups excluding carboxylic acids is 1. The Hall–Kier alpha value is -3.44. The van der Waals surface area contributed by atoms with Crippen LogP contribution in [-0.4, -0.2) is 15.7 Å². The molecule has 150 valence electrons. The lowest BCUT2D eigenvalue weighted by atomic mass is 10.1. The molecule has 4 aromatic rings. The van der Waals surface area contributed by atoms with Crippen molar-refractivity contribution >= 4 is 17.5 Å². The first-order chi connectivity index (χ1) is 14.5. The van der Waals surface area contributed by atoms with Crippen molar-refractivity contribution in [1.82, 2.24) is 9.78 Å². The van der Waals surface area contributed by atoms with Crippen LogP contribution in [0.3, 0.4) is 0 Å². The van der Waals surface area contributed by atoms with Gasteiger partial charge in [-0.15, -0.1) is 0 Å². The van der Waals surface area contributed by atoms with Crippen molar-refractivity contribution in [3.63, 3.8) is 0 Å². The highest BCUT2D eigenvalue weighted by Crippen LogP contribution is 2.28. The van der Waals surface area contributed by atoms with Crippen LogP contribution in [0.1, 0.15) is 29.1 Å². The summed E-state index contributed by atoms with van der Waals surface area (Å²) in [6.45, 7) is 1.79. The van der Waals surface area contributed by atoms with Crippen LogP contribution >= 0.6 is 11.6 Å². The molecule has 4 rings (SSSR count). The molecule has 0 spiro atoms. The SMILES string of the molecule is C[C@H](Oc1ccc(-c2ccccc2)c(F)c1)c1ccn(C(=O)c2ccc(Cl)cc2)n1. The van der Waals surface area contributed by atoms with Gasteiger partial charge < -0.3 is 4.74 Å². The largest absolute Gasteiger partial charge is 0.484 e. The molecule has 1 aromatic heterocycles. The van der Waals surface area contributed by atoms with E-state index in [0.717, 1.165) is 5.56 Å². The number of benzene rings is 3. The van der Waals surface area contributed by atoms with E-state index in [1.54, 1.807) is 55.6 Å². The van der Waals surface area contributed by atoms with Crippen molar-refractivity contribution in [2.75, 3.05) is 0 Å². The number of ether oxygens (including phenoxy) is 1. The molecule has 0 saturated carbocycles. The molecule has 0 bridgehead atoms. The molecule has 4 nitrogen and oxygen atoms in total. The molecule has 1 atom stereocenters. The monoisotopic (exact) mass is 420 g/mol. The number of rotatable bonds is 5. The Morgan fingerprint density at radius 3 is 2.47 bits per heavy atom. The van der Waals surface area contributed by atoms with Crippen molar-refractivity contribution < 1.29 is 13.9 Å². The second kappa shape index (κ2) is 8.51. The first-order valence-corrected chi connectivity index (χ1v) is 9.76. The maximum absolute atomic E-state index is 14.6. The highest BCUT2D eigenvalue weighted by molar-refractivity contribution is 6.30. The van der Waals surface area contributed by atoms with E-state index in [-0.39, 0.29) is 11.7 Å². The standard InChI is InChI=1S/C24H18ClFN2O2/c1-16(23-13-14-28(27-23)24(29)18-7-9-19(25)10-8-18)30-20-11-12-21(22(26)15-20)17-5-3-2-4-6-17/h2-16H,1H3/t16-/m0/s1. The average molecular weight is 421 g/mol. The van der Waals surface area contributed by atoms with Gasteiger partial charge in [-0.25, -0.2) is 9.07 Å². The van der Waals surface area contributed by atoms with Crippen LogP contribution in [0, 0.1) is 5.82 Å². The van der Waals surface area contributed by atoms with Crippen molar-refractivity contribution in [2.45, 2.75) is 13.0 Å². The van der Waals surface area contributed by atoms with Gasteiger partial charge in [-0.2, -0.15) is 5.10 Å². The molecule has 1 heterocycles. The average Bonchev–Trinajstić information content (AvgIpc) is 3.25. The summed E-state index contributed by atoms with van der Waals surface area (Å²) >= 11 is 5.86. The van der Waals surface area contributed by atoms with Crippen LogP contribution in [0.2, 0.25) is 5.02 Å². The van der Waals surface area contributed by atoms with E-state index in [1.807, 2.05) is 30.3 Å². The topological polar surface area (TPSA) is 44.1 Å². The molecule has 0 aliphatic carbocycles. The zero-order chi connectivity index (χ0) is 21.1. The lowest BCUT2D eigenvalue weighted by molar-refractivity contribution is 0.0943. The lowest BCUT2D eigenvalue weighted by Crippen LogP contribution is -2.14. The van der Waals surface area contributed by atoms with Gasteiger partial charge in [0.15, 0.2) is 0 Å². The first kappa shape index (κ1) is 19.9. The van der Waals surface area contributed by atoms with E-state index < -0.39 is 6.10 Å². The maximum Gasteiger partial charge on any atom is 0.278 e. The number of halogens is 2. The zero-order valence-corrected chi connectivity index (χ0v) is 16.9. The number of nitrogens with zero attached hydrogens (tertiary/aromatic N) is 2. The third-order valence-corrected chi connectivity index (χ3v) is 4.92. The van der Waals surface area contributed by atoms with Gasteiger partial charge in [0.2, 0.25) is 0 Å². The van der Waals surface area contributed by atoms with Crippen molar-refractivity contribution in [2.24, 2.45) is 0 Å². The molecule has 3 aromatic carbocycles. The molecule has 0 amide bonds. The van der Waals surface area contributed by atoms with Crippen LogP contribution in [0.4, 0.5) is 4.39 Å². The number of hydrogen-bond donors (Lipinski definition) is 0. The van der Waals surface area contributed by atoms with E-state index in [2.05, 4.69) is 5.10 Å². The van der Waals surface area contributed by atoms with Gasteiger partial charge in [-0.05, 0) is 55.0 Å². The van der Waals surface area contributed by atoms with Crippen molar-refractivity contribution in [1.29, 1.82) is 0 Å². The number of carbonyl (C=O) groups is 1. The Balaban J connectivity index is 1.48. The summed E-state index contributed by atoms with van der Waals surface area (Å²) in [6.07, 6.45) is 1.11. The minimum atomic E-state index is -0.466. The summed E-state index contributed by atoms with van der Waals surface area (Å²) in [5, 5.41) is 4.86. The lowest BCUT2D eigenvalue weighted by Gasteiger charge is -2.13. The quantitative estimate of drug-likeness (QED) is 0.387.